The maximum Gasteiger partial charge on any atom is 0.260 e. The van der Waals surface area contributed by atoms with Crippen LogP contribution in [0.1, 0.15) is 44.6 Å². The first-order chi connectivity index (χ1) is 17.9. The summed E-state index contributed by atoms with van der Waals surface area (Å²) < 4.78 is 44.6. The highest BCUT2D eigenvalue weighted by atomic mass is 32.2. The smallest absolute Gasteiger partial charge is 0.260 e. The number of amides is 1. The average molecular weight is 530 g/mol. The van der Waals surface area contributed by atoms with Crippen LogP contribution in [0.3, 0.4) is 0 Å². The minimum absolute atomic E-state index is 0.137. The molecular weight excluding hydrogens is 494 g/mol. The number of carbonyl (C=O) groups excluding carboxylic acids is 1. The molecular formula is C27H35N3O6S. The molecule has 1 saturated heterocycles. The maximum absolute atomic E-state index is 13.2. The minimum atomic E-state index is -3.61. The number of sulfonamides is 1. The van der Waals surface area contributed by atoms with E-state index in [0.717, 1.165) is 49.3 Å². The van der Waals surface area contributed by atoms with E-state index >= 15 is 0 Å². The Morgan fingerprint density at radius 3 is 2.43 bits per heavy atom. The summed E-state index contributed by atoms with van der Waals surface area (Å²) in [4.78, 5) is 14.9. The van der Waals surface area contributed by atoms with Gasteiger partial charge in [-0.2, -0.15) is 4.31 Å². The fraction of sp³-hybridized carbons (Fsp3) is 0.519. The van der Waals surface area contributed by atoms with Gasteiger partial charge in [-0.05, 0) is 61.7 Å². The van der Waals surface area contributed by atoms with Crippen LogP contribution in [-0.4, -0.2) is 68.6 Å². The van der Waals surface area contributed by atoms with Crippen LogP contribution in [0.25, 0.3) is 0 Å². The average Bonchev–Trinajstić information content (AvgIpc) is 3.38. The second-order valence-corrected chi connectivity index (χ2v) is 11.9. The van der Waals surface area contributed by atoms with Crippen molar-refractivity contribution in [2.24, 2.45) is 0 Å². The first-order valence-corrected chi connectivity index (χ1v) is 14.5. The van der Waals surface area contributed by atoms with E-state index in [-0.39, 0.29) is 23.6 Å². The molecule has 0 bridgehead atoms. The third-order valence-corrected chi connectivity index (χ3v) is 9.18. The van der Waals surface area contributed by atoms with Crippen LogP contribution in [0.5, 0.6) is 17.2 Å². The van der Waals surface area contributed by atoms with Crippen LogP contribution in [0, 0.1) is 0 Å². The number of ether oxygens (including phenoxy) is 3. The van der Waals surface area contributed by atoms with Crippen molar-refractivity contribution in [3.63, 3.8) is 0 Å². The SMILES string of the molecule is C[C@@H](Oc1ccc(S(=O)(=O)N2CCN(Cc3ccc4c(c3)OCO4)CC2)cc1)C(=O)NC1CCCCC1. The van der Waals surface area contributed by atoms with Crippen molar-refractivity contribution in [2.75, 3.05) is 33.0 Å². The Morgan fingerprint density at radius 2 is 1.70 bits per heavy atom. The van der Waals surface area contributed by atoms with Gasteiger partial charge in [0.1, 0.15) is 5.75 Å². The largest absolute Gasteiger partial charge is 0.481 e. The number of hydrogen-bond donors (Lipinski definition) is 1. The van der Waals surface area contributed by atoms with E-state index in [1.54, 1.807) is 31.2 Å². The molecule has 37 heavy (non-hydrogen) atoms. The maximum atomic E-state index is 13.2. The Hall–Kier alpha value is -2.82. The first kappa shape index (κ1) is 25.8. The van der Waals surface area contributed by atoms with Crippen LogP contribution in [0.15, 0.2) is 47.4 Å². The van der Waals surface area contributed by atoms with Crippen molar-refractivity contribution >= 4 is 15.9 Å². The highest BCUT2D eigenvalue weighted by Gasteiger charge is 2.29. The van der Waals surface area contributed by atoms with Crippen LogP contribution < -0.4 is 19.5 Å². The van der Waals surface area contributed by atoms with Gasteiger partial charge in [0.15, 0.2) is 17.6 Å². The fourth-order valence-corrected chi connectivity index (χ4v) is 6.51. The van der Waals surface area contributed by atoms with Gasteiger partial charge in [0.25, 0.3) is 5.91 Å². The molecule has 2 aromatic rings. The summed E-state index contributed by atoms with van der Waals surface area (Å²) in [6.45, 7) is 4.81. The summed E-state index contributed by atoms with van der Waals surface area (Å²) in [5, 5.41) is 3.06. The van der Waals surface area contributed by atoms with Gasteiger partial charge in [-0.1, -0.05) is 25.3 Å². The van der Waals surface area contributed by atoms with E-state index in [2.05, 4.69) is 10.2 Å². The van der Waals surface area contributed by atoms with Gasteiger partial charge in [0.2, 0.25) is 16.8 Å². The minimum Gasteiger partial charge on any atom is -0.481 e. The van der Waals surface area contributed by atoms with Crippen LogP contribution >= 0.6 is 0 Å². The van der Waals surface area contributed by atoms with Crippen molar-refractivity contribution in [1.29, 1.82) is 0 Å². The quantitative estimate of drug-likeness (QED) is 0.561. The molecule has 0 unspecified atom stereocenters. The molecule has 10 heteroatoms. The molecule has 0 spiro atoms. The van der Waals surface area contributed by atoms with Crippen molar-refractivity contribution in [1.82, 2.24) is 14.5 Å². The van der Waals surface area contributed by atoms with Crippen molar-refractivity contribution in [2.45, 2.75) is 62.6 Å². The zero-order valence-corrected chi connectivity index (χ0v) is 22.0. The molecule has 1 atom stereocenters. The standard InChI is InChI=1S/C27H35N3O6S/c1-20(27(31)28-22-5-3-2-4-6-22)36-23-8-10-24(11-9-23)37(32,33)30-15-13-29(14-16-30)18-21-7-12-25-26(17-21)35-19-34-25/h7-12,17,20,22H,2-6,13-16,18-19H2,1H3,(H,28,31)/t20-/m1/s1. The van der Waals surface area contributed by atoms with E-state index < -0.39 is 16.1 Å². The Morgan fingerprint density at radius 1 is 1.00 bits per heavy atom. The number of fused-ring (bicyclic) bond motifs is 1. The molecule has 200 valence electrons. The van der Waals surface area contributed by atoms with Crippen molar-refractivity contribution in [3.8, 4) is 17.2 Å². The zero-order chi connectivity index (χ0) is 25.8. The molecule has 2 aliphatic heterocycles. The lowest BCUT2D eigenvalue weighted by molar-refractivity contribution is -0.128. The molecule has 1 aliphatic carbocycles. The fourth-order valence-electron chi connectivity index (χ4n) is 5.09. The van der Waals surface area contributed by atoms with E-state index in [4.69, 9.17) is 14.2 Å². The lowest BCUT2D eigenvalue weighted by Crippen LogP contribution is -2.48. The number of hydrogen-bond acceptors (Lipinski definition) is 7. The highest BCUT2D eigenvalue weighted by Crippen LogP contribution is 2.33. The Labute approximate surface area is 218 Å². The topological polar surface area (TPSA) is 97.4 Å². The first-order valence-electron chi connectivity index (χ1n) is 13.1. The predicted octanol–water partition coefficient (Wildman–Crippen LogP) is 3.14. The van der Waals surface area contributed by atoms with Crippen molar-refractivity contribution in [3.05, 3.63) is 48.0 Å². The highest BCUT2D eigenvalue weighted by molar-refractivity contribution is 7.89. The molecule has 9 nitrogen and oxygen atoms in total. The van der Waals surface area contributed by atoms with Gasteiger partial charge in [0.05, 0.1) is 4.90 Å². The number of nitrogens with one attached hydrogen (secondary N) is 1. The second-order valence-electron chi connectivity index (χ2n) is 9.94. The van der Waals surface area contributed by atoms with Crippen molar-refractivity contribution < 1.29 is 27.4 Å². The zero-order valence-electron chi connectivity index (χ0n) is 21.2. The molecule has 1 N–H and O–H groups in total. The normalized spacial score (nSPS) is 19.9. The van der Waals surface area contributed by atoms with E-state index in [1.165, 1.54) is 10.7 Å². The molecule has 3 aliphatic rings. The van der Waals surface area contributed by atoms with Gasteiger partial charge in [0, 0.05) is 38.8 Å². The molecule has 0 aromatic heterocycles. The number of nitrogens with zero attached hydrogens (tertiary/aromatic N) is 2. The summed E-state index contributed by atoms with van der Waals surface area (Å²) >= 11 is 0. The van der Waals surface area contributed by atoms with Crippen LogP contribution in [0.4, 0.5) is 0 Å². The second kappa shape index (κ2) is 11.3. The van der Waals surface area contributed by atoms with E-state index in [1.807, 2.05) is 18.2 Å². The van der Waals surface area contributed by atoms with Crippen LogP contribution in [0.2, 0.25) is 0 Å². The summed E-state index contributed by atoms with van der Waals surface area (Å²) in [6.07, 6.45) is 4.89. The number of carbonyl (C=O) groups is 1. The van der Waals surface area contributed by atoms with E-state index in [9.17, 15) is 13.2 Å². The predicted molar refractivity (Wildman–Crippen MR) is 138 cm³/mol. The summed E-state index contributed by atoms with van der Waals surface area (Å²) in [7, 11) is -3.61. The number of rotatable bonds is 8. The molecule has 2 heterocycles. The number of benzene rings is 2. The molecule has 2 fully saturated rings. The Balaban J connectivity index is 1.12. The Bertz CT molecular complexity index is 1190. The summed E-state index contributed by atoms with van der Waals surface area (Å²) in [5.74, 6) is 1.85. The third kappa shape index (κ3) is 6.19. The molecule has 5 rings (SSSR count). The van der Waals surface area contributed by atoms with Gasteiger partial charge in [-0.25, -0.2) is 8.42 Å². The van der Waals surface area contributed by atoms with Gasteiger partial charge in [-0.15, -0.1) is 0 Å². The van der Waals surface area contributed by atoms with Gasteiger partial charge in [-0.3, -0.25) is 9.69 Å². The Kier molecular flexibility index (Phi) is 7.87. The monoisotopic (exact) mass is 529 g/mol. The molecule has 2 aromatic carbocycles. The van der Waals surface area contributed by atoms with E-state index in [0.29, 0.717) is 31.9 Å². The lowest BCUT2D eigenvalue weighted by Gasteiger charge is -2.34. The molecule has 1 saturated carbocycles. The van der Waals surface area contributed by atoms with Gasteiger partial charge < -0.3 is 19.5 Å². The summed E-state index contributed by atoms with van der Waals surface area (Å²) in [5.41, 5.74) is 1.11. The van der Waals surface area contributed by atoms with Gasteiger partial charge >= 0.3 is 0 Å². The summed E-state index contributed by atoms with van der Waals surface area (Å²) in [6, 6.07) is 12.5. The number of piperazine rings is 1. The lowest BCUT2D eigenvalue weighted by atomic mass is 9.95. The molecule has 1 amide bonds. The van der Waals surface area contributed by atoms with Crippen LogP contribution in [-0.2, 0) is 21.4 Å². The molecule has 0 radical (unpaired) electrons. The third-order valence-electron chi connectivity index (χ3n) is 7.27.